The van der Waals surface area contributed by atoms with Gasteiger partial charge in [0.1, 0.15) is 5.75 Å². The first-order valence-electron chi connectivity index (χ1n) is 7.41. The molecule has 1 rings (SSSR count). The molecule has 2 N–H and O–H groups in total. The zero-order chi connectivity index (χ0) is 14.6. The zero-order valence-electron chi connectivity index (χ0n) is 12.9. The maximum atomic E-state index is 5.75. The van der Waals surface area contributed by atoms with Crippen molar-refractivity contribution in [1.29, 1.82) is 0 Å². The quantitative estimate of drug-likeness (QED) is 0.436. The fourth-order valence-corrected chi connectivity index (χ4v) is 1.78. The van der Waals surface area contributed by atoms with E-state index in [-0.39, 0.29) is 0 Å². The van der Waals surface area contributed by atoms with Gasteiger partial charge in [0.25, 0.3) is 0 Å². The Hall–Kier alpha value is -1.71. The summed E-state index contributed by atoms with van der Waals surface area (Å²) < 4.78 is 5.75. The molecule has 0 aromatic heterocycles. The fraction of sp³-hybridized carbons (Fsp3) is 0.562. The number of hydrogen-bond donors (Lipinski definition) is 2. The number of aryl methyl sites for hydroxylation is 1. The van der Waals surface area contributed by atoms with Crippen LogP contribution in [0.3, 0.4) is 0 Å². The molecule has 0 bridgehead atoms. The van der Waals surface area contributed by atoms with E-state index in [0.717, 1.165) is 37.6 Å². The van der Waals surface area contributed by atoms with E-state index in [9.17, 15) is 0 Å². The third-order valence-corrected chi connectivity index (χ3v) is 3.01. The summed E-state index contributed by atoms with van der Waals surface area (Å²) in [4.78, 5) is 4.18. The van der Waals surface area contributed by atoms with Gasteiger partial charge < -0.3 is 15.4 Å². The monoisotopic (exact) mass is 277 g/mol. The minimum Gasteiger partial charge on any atom is -0.493 e. The van der Waals surface area contributed by atoms with Crippen molar-refractivity contribution in [3.8, 4) is 5.75 Å². The summed E-state index contributed by atoms with van der Waals surface area (Å²) in [6, 6.07) is 8.09. The van der Waals surface area contributed by atoms with E-state index in [1.165, 1.54) is 12.0 Å². The topological polar surface area (TPSA) is 45.7 Å². The second kappa shape index (κ2) is 10.1. The molecule has 0 atom stereocenters. The van der Waals surface area contributed by atoms with Gasteiger partial charge in [-0.2, -0.15) is 0 Å². The SMILES string of the molecule is CCCCNC(=NC)NCCCOc1ccccc1C. The molecule has 0 aliphatic carbocycles. The lowest BCUT2D eigenvalue weighted by molar-refractivity contribution is 0.309. The number of para-hydroxylation sites is 1. The van der Waals surface area contributed by atoms with Crippen LogP contribution in [0, 0.1) is 6.92 Å². The number of ether oxygens (including phenoxy) is 1. The molecular weight excluding hydrogens is 250 g/mol. The van der Waals surface area contributed by atoms with Crippen molar-refractivity contribution < 1.29 is 4.74 Å². The van der Waals surface area contributed by atoms with Crippen LogP contribution in [0.1, 0.15) is 31.7 Å². The molecule has 0 saturated carbocycles. The number of aliphatic imine (C=N–C) groups is 1. The maximum Gasteiger partial charge on any atom is 0.190 e. The van der Waals surface area contributed by atoms with Crippen LogP contribution in [0.5, 0.6) is 5.75 Å². The molecule has 0 spiro atoms. The largest absolute Gasteiger partial charge is 0.493 e. The van der Waals surface area contributed by atoms with E-state index in [2.05, 4.69) is 35.5 Å². The van der Waals surface area contributed by atoms with Crippen LogP contribution in [0.4, 0.5) is 0 Å². The molecule has 1 aromatic rings. The molecule has 0 aliphatic heterocycles. The lowest BCUT2D eigenvalue weighted by Crippen LogP contribution is -2.38. The summed E-state index contributed by atoms with van der Waals surface area (Å²) in [7, 11) is 1.80. The van der Waals surface area contributed by atoms with Crippen molar-refractivity contribution in [3.63, 3.8) is 0 Å². The fourth-order valence-electron chi connectivity index (χ4n) is 1.78. The van der Waals surface area contributed by atoms with E-state index in [1.807, 2.05) is 18.2 Å². The van der Waals surface area contributed by atoms with Crippen LogP contribution >= 0.6 is 0 Å². The first kappa shape index (κ1) is 16.3. The van der Waals surface area contributed by atoms with Crippen LogP contribution in [0.25, 0.3) is 0 Å². The molecule has 0 amide bonds. The number of benzene rings is 1. The molecule has 0 saturated heterocycles. The van der Waals surface area contributed by atoms with Crippen LogP contribution in [-0.4, -0.2) is 32.7 Å². The number of unbranched alkanes of at least 4 members (excludes halogenated alkanes) is 1. The van der Waals surface area contributed by atoms with Crippen LogP contribution < -0.4 is 15.4 Å². The summed E-state index contributed by atoms with van der Waals surface area (Å²) in [5.41, 5.74) is 1.18. The molecule has 4 heteroatoms. The first-order chi connectivity index (χ1) is 9.77. The first-order valence-corrected chi connectivity index (χ1v) is 7.41. The molecule has 0 radical (unpaired) electrons. The van der Waals surface area contributed by atoms with Gasteiger partial charge in [-0.3, -0.25) is 4.99 Å². The Morgan fingerprint density at radius 3 is 2.50 bits per heavy atom. The molecule has 0 heterocycles. The van der Waals surface area contributed by atoms with Crippen LogP contribution in [0.2, 0.25) is 0 Å². The number of guanidine groups is 1. The predicted molar refractivity (Wildman–Crippen MR) is 85.6 cm³/mol. The summed E-state index contributed by atoms with van der Waals surface area (Å²) in [6.07, 6.45) is 3.30. The molecule has 4 nitrogen and oxygen atoms in total. The van der Waals surface area contributed by atoms with E-state index in [1.54, 1.807) is 7.05 Å². The minimum atomic E-state index is 0.712. The third-order valence-electron chi connectivity index (χ3n) is 3.01. The van der Waals surface area contributed by atoms with E-state index < -0.39 is 0 Å². The second-order valence-electron chi connectivity index (χ2n) is 4.75. The smallest absolute Gasteiger partial charge is 0.190 e. The Labute approximate surface area is 122 Å². The Bertz CT molecular complexity index is 404. The van der Waals surface area contributed by atoms with Gasteiger partial charge in [-0.15, -0.1) is 0 Å². The Morgan fingerprint density at radius 2 is 1.85 bits per heavy atom. The molecular formula is C16H27N3O. The molecule has 112 valence electrons. The number of rotatable bonds is 8. The lowest BCUT2D eigenvalue weighted by Gasteiger charge is -2.12. The highest BCUT2D eigenvalue weighted by Crippen LogP contribution is 2.15. The van der Waals surface area contributed by atoms with Gasteiger partial charge in [-0.25, -0.2) is 0 Å². The van der Waals surface area contributed by atoms with E-state index in [0.29, 0.717) is 6.61 Å². The molecule has 0 fully saturated rings. The van der Waals surface area contributed by atoms with Gasteiger partial charge in [0.05, 0.1) is 6.61 Å². The van der Waals surface area contributed by atoms with Crippen molar-refractivity contribution in [2.75, 3.05) is 26.7 Å². The summed E-state index contributed by atoms with van der Waals surface area (Å²) in [6.45, 7) is 6.78. The highest BCUT2D eigenvalue weighted by atomic mass is 16.5. The summed E-state index contributed by atoms with van der Waals surface area (Å²) in [5.74, 6) is 1.84. The average molecular weight is 277 g/mol. The van der Waals surface area contributed by atoms with Crippen molar-refractivity contribution >= 4 is 5.96 Å². The van der Waals surface area contributed by atoms with Crippen molar-refractivity contribution in [2.24, 2.45) is 4.99 Å². The highest BCUT2D eigenvalue weighted by Gasteiger charge is 1.98. The van der Waals surface area contributed by atoms with Crippen LogP contribution in [0.15, 0.2) is 29.3 Å². The zero-order valence-corrected chi connectivity index (χ0v) is 12.9. The predicted octanol–water partition coefficient (Wildman–Crippen LogP) is 2.73. The second-order valence-corrected chi connectivity index (χ2v) is 4.75. The lowest BCUT2D eigenvalue weighted by atomic mass is 10.2. The minimum absolute atomic E-state index is 0.712. The Balaban J connectivity index is 2.13. The standard InChI is InChI=1S/C16H27N3O/c1-4-5-11-18-16(17-3)19-12-8-13-20-15-10-7-6-9-14(15)2/h6-7,9-10H,4-5,8,11-13H2,1-3H3,(H2,17,18,19). The van der Waals surface area contributed by atoms with Gasteiger partial charge in [0.2, 0.25) is 0 Å². The number of hydrogen-bond acceptors (Lipinski definition) is 2. The van der Waals surface area contributed by atoms with Crippen molar-refractivity contribution in [2.45, 2.75) is 33.1 Å². The third kappa shape index (κ3) is 6.45. The molecule has 0 unspecified atom stereocenters. The number of nitrogens with zero attached hydrogens (tertiary/aromatic N) is 1. The van der Waals surface area contributed by atoms with Gasteiger partial charge in [-0.1, -0.05) is 31.5 Å². The highest BCUT2D eigenvalue weighted by molar-refractivity contribution is 5.79. The van der Waals surface area contributed by atoms with Gasteiger partial charge >= 0.3 is 0 Å². The van der Waals surface area contributed by atoms with E-state index in [4.69, 9.17) is 4.74 Å². The van der Waals surface area contributed by atoms with Gasteiger partial charge in [-0.05, 0) is 31.4 Å². The van der Waals surface area contributed by atoms with Crippen molar-refractivity contribution in [1.82, 2.24) is 10.6 Å². The van der Waals surface area contributed by atoms with Crippen molar-refractivity contribution in [3.05, 3.63) is 29.8 Å². The Morgan fingerprint density at radius 1 is 1.15 bits per heavy atom. The molecule has 1 aromatic carbocycles. The molecule has 20 heavy (non-hydrogen) atoms. The Kier molecular flexibility index (Phi) is 8.27. The summed E-state index contributed by atoms with van der Waals surface area (Å²) in [5, 5.41) is 6.57. The van der Waals surface area contributed by atoms with Gasteiger partial charge in [0.15, 0.2) is 5.96 Å². The number of nitrogens with one attached hydrogen (secondary N) is 2. The van der Waals surface area contributed by atoms with Gasteiger partial charge in [0, 0.05) is 20.1 Å². The van der Waals surface area contributed by atoms with Crippen LogP contribution in [-0.2, 0) is 0 Å². The average Bonchev–Trinajstić information content (AvgIpc) is 2.47. The normalized spacial score (nSPS) is 11.2. The maximum absolute atomic E-state index is 5.75. The van der Waals surface area contributed by atoms with E-state index >= 15 is 0 Å². The summed E-state index contributed by atoms with van der Waals surface area (Å²) >= 11 is 0. The molecule has 0 aliphatic rings.